The lowest BCUT2D eigenvalue weighted by atomic mass is 9.84. The molecule has 0 N–H and O–H groups in total. The van der Waals surface area contributed by atoms with Crippen LogP contribution in [0.2, 0.25) is 0 Å². The monoisotopic (exact) mass is 525 g/mol. The van der Waals surface area contributed by atoms with Crippen LogP contribution in [-0.4, -0.2) is 39.3 Å². The van der Waals surface area contributed by atoms with Gasteiger partial charge in [-0.25, -0.2) is 4.68 Å². The SMILES string of the molecule is CCOC(=O)CC(c1ccc2c(c1)C(=O)C(CC(=O)OCc1ccccc1)C2)c1ccc2c(nnn2C)c1C. The Labute approximate surface area is 226 Å². The summed E-state index contributed by atoms with van der Waals surface area (Å²) in [7, 11) is 1.84. The molecule has 0 bridgehead atoms. The van der Waals surface area contributed by atoms with Gasteiger partial charge in [-0.2, -0.15) is 0 Å². The van der Waals surface area contributed by atoms with Crippen LogP contribution in [0.1, 0.15) is 63.9 Å². The average molecular weight is 526 g/mol. The summed E-state index contributed by atoms with van der Waals surface area (Å²) in [6.45, 7) is 4.23. The van der Waals surface area contributed by atoms with Crippen LogP contribution >= 0.6 is 0 Å². The van der Waals surface area contributed by atoms with Crippen molar-refractivity contribution < 1.29 is 23.9 Å². The number of carbonyl (C=O) groups is 3. The number of rotatable bonds is 9. The summed E-state index contributed by atoms with van der Waals surface area (Å²) in [5.74, 6) is -1.56. The number of hydrogen-bond acceptors (Lipinski definition) is 7. The normalized spacial score (nSPS) is 15.3. The van der Waals surface area contributed by atoms with Gasteiger partial charge in [0.1, 0.15) is 12.1 Å². The van der Waals surface area contributed by atoms with Gasteiger partial charge in [-0.15, -0.1) is 5.10 Å². The molecule has 1 aliphatic rings. The highest BCUT2D eigenvalue weighted by molar-refractivity contribution is 6.03. The molecule has 0 aliphatic heterocycles. The summed E-state index contributed by atoms with van der Waals surface area (Å²) in [6, 6.07) is 19.2. The first-order valence-corrected chi connectivity index (χ1v) is 13.2. The van der Waals surface area contributed by atoms with Crippen molar-refractivity contribution in [2.75, 3.05) is 6.61 Å². The standard InChI is InChI=1S/C31H31N3O5/c1-4-38-29(36)17-25(24-12-13-27-30(19(24)2)32-33-34(27)3)22-11-10-21-14-23(31(37)26(21)15-22)16-28(35)39-18-20-8-6-5-7-9-20/h5-13,15,23,25H,4,14,16-18H2,1-3H3. The van der Waals surface area contributed by atoms with Gasteiger partial charge < -0.3 is 9.47 Å². The molecule has 8 nitrogen and oxygen atoms in total. The summed E-state index contributed by atoms with van der Waals surface area (Å²) in [4.78, 5) is 38.5. The van der Waals surface area contributed by atoms with Crippen molar-refractivity contribution in [3.63, 3.8) is 0 Å². The Balaban J connectivity index is 1.38. The lowest BCUT2D eigenvalue weighted by molar-refractivity contribution is -0.146. The molecule has 1 aliphatic carbocycles. The van der Waals surface area contributed by atoms with Gasteiger partial charge in [0.05, 0.1) is 25.0 Å². The zero-order valence-corrected chi connectivity index (χ0v) is 22.3. The van der Waals surface area contributed by atoms with Gasteiger partial charge in [0.15, 0.2) is 5.78 Å². The highest BCUT2D eigenvalue weighted by Crippen LogP contribution is 2.37. The number of ketones is 1. The third-order valence-electron chi connectivity index (χ3n) is 7.43. The highest BCUT2D eigenvalue weighted by atomic mass is 16.5. The van der Waals surface area contributed by atoms with E-state index in [4.69, 9.17) is 9.47 Å². The Morgan fingerprint density at radius 2 is 1.85 bits per heavy atom. The van der Waals surface area contributed by atoms with Crippen LogP contribution in [0.5, 0.6) is 0 Å². The van der Waals surface area contributed by atoms with E-state index in [2.05, 4.69) is 10.3 Å². The molecule has 39 heavy (non-hydrogen) atoms. The minimum Gasteiger partial charge on any atom is -0.466 e. The molecule has 1 heterocycles. The molecule has 0 radical (unpaired) electrons. The summed E-state index contributed by atoms with van der Waals surface area (Å²) in [6.07, 6.45) is 0.648. The van der Waals surface area contributed by atoms with E-state index in [1.54, 1.807) is 11.6 Å². The first-order valence-electron chi connectivity index (χ1n) is 13.2. The fraction of sp³-hybridized carbons (Fsp3) is 0.323. The van der Waals surface area contributed by atoms with Crippen LogP contribution in [0.25, 0.3) is 11.0 Å². The molecule has 0 spiro atoms. The molecule has 0 amide bonds. The minimum absolute atomic E-state index is 0.0321. The lowest BCUT2D eigenvalue weighted by Crippen LogP contribution is -2.17. The molecule has 0 fully saturated rings. The van der Waals surface area contributed by atoms with E-state index >= 15 is 0 Å². The van der Waals surface area contributed by atoms with Crippen molar-refractivity contribution >= 4 is 28.8 Å². The van der Waals surface area contributed by atoms with Crippen molar-refractivity contribution in [3.8, 4) is 0 Å². The molecule has 2 unspecified atom stereocenters. The first kappa shape index (κ1) is 26.3. The van der Waals surface area contributed by atoms with Crippen LogP contribution in [-0.2, 0) is 39.1 Å². The molecule has 8 heteroatoms. The number of Topliss-reactive ketones (excluding diaryl/α,β-unsaturated/α-hetero) is 1. The maximum Gasteiger partial charge on any atom is 0.306 e. The second-order valence-corrected chi connectivity index (χ2v) is 9.95. The number of hydrogen-bond donors (Lipinski definition) is 0. The van der Waals surface area contributed by atoms with Crippen molar-refractivity contribution in [1.82, 2.24) is 15.0 Å². The number of ether oxygens (including phenoxy) is 2. The fourth-order valence-electron chi connectivity index (χ4n) is 5.38. The zero-order chi connectivity index (χ0) is 27.5. The topological polar surface area (TPSA) is 100 Å². The second-order valence-electron chi connectivity index (χ2n) is 9.95. The smallest absolute Gasteiger partial charge is 0.306 e. The fourth-order valence-corrected chi connectivity index (χ4v) is 5.38. The maximum atomic E-state index is 13.4. The summed E-state index contributed by atoms with van der Waals surface area (Å²) in [5.41, 5.74) is 6.78. The van der Waals surface area contributed by atoms with E-state index in [-0.39, 0.29) is 37.1 Å². The molecular weight excluding hydrogens is 494 g/mol. The molecule has 200 valence electrons. The van der Waals surface area contributed by atoms with Gasteiger partial charge >= 0.3 is 11.9 Å². The third kappa shape index (κ3) is 5.46. The third-order valence-corrected chi connectivity index (χ3v) is 7.43. The zero-order valence-electron chi connectivity index (χ0n) is 22.3. The van der Waals surface area contributed by atoms with Crippen LogP contribution in [0.3, 0.4) is 0 Å². The van der Waals surface area contributed by atoms with Gasteiger partial charge in [0, 0.05) is 24.4 Å². The summed E-state index contributed by atoms with van der Waals surface area (Å²) >= 11 is 0. The number of fused-ring (bicyclic) bond motifs is 2. The van der Waals surface area contributed by atoms with Crippen molar-refractivity contribution in [1.29, 1.82) is 0 Å². The maximum absolute atomic E-state index is 13.4. The molecule has 3 aromatic carbocycles. The van der Waals surface area contributed by atoms with E-state index in [1.165, 1.54) is 0 Å². The number of benzene rings is 3. The van der Waals surface area contributed by atoms with Gasteiger partial charge in [-0.05, 0) is 60.2 Å². The molecule has 0 saturated carbocycles. The number of aromatic nitrogens is 3. The molecule has 5 rings (SSSR count). The van der Waals surface area contributed by atoms with Crippen molar-refractivity contribution in [2.45, 2.75) is 45.6 Å². The van der Waals surface area contributed by atoms with Crippen LogP contribution in [0.4, 0.5) is 0 Å². The van der Waals surface area contributed by atoms with E-state index in [0.29, 0.717) is 18.6 Å². The van der Waals surface area contributed by atoms with E-state index in [1.807, 2.05) is 74.6 Å². The number of nitrogens with zero attached hydrogens (tertiary/aromatic N) is 3. The summed E-state index contributed by atoms with van der Waals surface area (Å²) in [5, 5.41) is 8.44. The Hall–Kier alpha value is -4.33. The lowest BCUT2D eigenvalue weighted by Gasteiger charge is -2.20. The Bertz CT molecular complexity index is 1540. The average Bonchev–Trinajstić information content (AvgIpc) is 3.46. The number of carbonyl (C=O) groups excluding carboxylic acids is 3. The van der Waals surface area contributed by atoms with Gasteiger partial charge in [-0.3, -0.25) is 14.4 Å². The second kappa shape index (κ2) is 11.2. The Morgan fingerprint density at radius 1 is 1.05 bits per heavy atom. The van der Waals surface area contributed by atoms with Crippen LogP contribution in [0.15, 0.2) is 60.7 Å². The van der Waals surface area contributed by atoms with E-state index < -0.39 is 11.9 Å². The molecule has 2 atom stereocenters. The Kier molecular flexibility index (Phi) is 7.54. The van der Waals surface area contributed by atoms with Gasteiger partial charge in [0.25, 0.3) is 0 Å². The predicted octanol–water partition coefficient (Wildman–Crippen LogP) is 4.85. The van der Waals surface area contributed by atoms with E-state index in [9.17, 15) is 14.4 Å². The largest absolute Gasteiger partial charge is 0.466 e. The molecule has 4 aromatic rings. The summed E-state index contributed by atoms with van der Waals surface area (Å²) < 4.78 is 12.4. The highest BCUT2D eigenvalue weighted by Gasteiger charge is 2.34. The minimum atomic E-state index is -0.459. The predicted molar refractivity (Wildman–Crippen MR) is 145 cm³/mol. The Morgan fingerprint density at radius 3 is 2.62 bits per heavy atom. The first-order chi connectivity index (χ1) is 18.9. The molecular formula is C31H31N3O5. The van der Waals surface area contributed by atoms with Crippen molar-refractivity contribution in [3.05, 3.63) is 94.0 Å². The van der Waals surface area contributed by atoms with Crippen LogP contribution < -0.4 is 0 Å². The van der Waals surface area contributed by atoms with Gasteiger partial charge in [0.2, 0.25) is 0 Å². The van der Waals surface area contributed by atoms with Crippen molar-refractivity contribution in [2.24, 2.45) is 13.0 Å². The van der Waals surface area contributed by atoms with E-state index in [0.717, 1.165) is 38.9 Å². The molecule has 1 aromatic heterocycles. The van der Waals surface area contributed by atoms with Gasteiger partial charge in [-0.1, -0.05) is 53.7 Å². The molecule has 0 saturated heterocycles. The quantitative estimate of drug-likeness (QED) is 0.288. The van der Waals surface area contributed by atoms with Crippen LogP contribution in [0, 0.1) is 12.8 Å². The number of esters is 2. The number of aryl methyl sites for hydroxylation is 2.